The topological polar surface area (TPSA) is 93.0 Å². The van der Waals surface area contributed by atoms with Crippen LogP contribution in [-0.4, -0.2) is 34.4 Å². The molecule has 106 valence electrons. The number of methoxy groups -OCH3 is 1. The number of amides is 1. The zero-order chi connectivity index (χ0) is 13.9. The molecule has 0 saturated heterocycles. The van der Waals surface area contributed by atoms with Crippen LogP contribution in [0.15, 0.2) is 16.8 Å². The fourth-order valence-corrected chi connectivity index (χ4v) is 2.43. The molecule has 0 aliphatic heterocycles. The number of hydrogen-bond acceptors (Lipinski definition) is 5. The summed E-state index contributed by atoms with van der Waals surface area (Å²) in [5.41, 5.74) is 2.62. The van der Waals surface area contributed by atoms with E-state index >= 15 is 0 Å². The van der Waals surface area contributed by atoms with Crippen molar-refractivity contribution in [3.05, 3.63) is 35.0 Å². The van der Waals surface area contributed by atoms with Gasteiger partial charge in [-0.1, -0.05) is 5.16 Å². The van der Waals surface area contributed by atoms with Crippen LogP contribution < -0.4 is 5.32 Å². The number of nitrogens with zero attached hydrogens (tertiary/aromatic N) is 2. The number of carbonyl (C=O) groups excluding carboxylic acids is 1. The molecule has 1 aliphatic rings. The van der Waals surface area contributed by atoms with Crippen LogP contribution >= 0.6 is 0 Å². The zero-order valence-electron chi connectivity index (χ0n) is 11.2. The molecular weight excluding hydrogens is 260 g/mol. The van der Waals surface area contributed by atoms with Gasteiger partial charge in [-0.3, -0.25) is 9.89 Å². The van der Waals surface area contributed by atoms with Gasteiger partial charge in [-0.25, -0.2) is 0 Å². The summed E-state index contributed by atoms with van der Waals surface area (Å²) in [4.78, 5) is 12.1. The standard InChI is InChI=1S/C13H16N4O3/c1-19-7-10-5-12(17-20-10)13(18)15-9-2-3-11-8(4-9)6-14-16-11/h5-6,9H,2-4,7H2,1H3,(H,14,16)(H,15,18). The second kappa shape index (κ2) is 5.46. The van der Waals surface area contributed by atoms with E-state index in [0.29, 0.717) is 12.4 Å². The number of hydrogen-bond donors (Lipinski definition) is 2. The van der Waals surface area contributed by atoms with Crippen molar-refractivity contribution in [2.45, 2.75) is 31.9 Å². The van der Waals surface area contributed by atoms with Gasteiger partial charge in [0.15, 0.2) is 11.5 Å². The molecule has 20 heavy (non-hydrogen) atoms. The maximum absolute atomic E-state index is 12.1. The number of fused-ring (bicyclic) bond motifs is 1. The van der Waals surface area contributed by atoms with Crippen molar-refractivity contribution in [2.24, 2.45) is 0 Å². The minimum absolute atomic E-state index is 0.107. The van der Waals surface area contributed by atoms with Crippen LogP contribution in [0.1, 0.15) is 33.9 Å². The lowest BCUT2D eigenvalue weighted by atomic mass is 9.93. The van der Waals surface area contributed by atoms with Gasteiger partial charge >= 0.3 is 0 Å². The number of aromatic amines is 1. The van der Waals surface area contributed by atoms with Gasteiger partial charge in [-0.05, 0) is 24.8 Å². The van der Waals surface area contributed by atoms with Gasteiger partial charge in [0.05, 0.1) is 6.20 Å². The summed E-state index contributed by atoms with van der Waals surface area (Å²) < 4.78 is 9.93. The average Bonchev–Trinajstić information content (AvgIpc) is 3.07. The SMILES string of the molecule is COCc1cc(C(=O)NC2CCc3[nH]ncc3C2)no1. The van der Waals surface area contributed by atoms with Gasteiger partial charge < -0.3 is 14.6 Å². The molecule has 0 saturated carbocycles. The van der Waals surface area contributed by atoms with Gasteiger partial charge in [-0.2, -0.15) is 5.10 Å². The van der Waals surface area contributed by atoms with E-state index in [1.807, 2.05) is 6.20 Å². The number of ether oxygens (including phenoxy) is 1. The molecular formula is C13H16N4O3. The Morgan fingerprint density at radius 1 is 1.65 bits per heavy atom. The molecule has 0 aromatic carbocycles. The fraction of sp³-hybridized carbons (Fsp3) is 0.462. The number of carbonyl (C=O) groups is 1. The van der Waals surface area contributed by atoms with E-state index in [4.69, 9.17) is 9.26 Å². The van der Waals surface area contributed by atoms with Crippen LogP contribution in [-0.2, 0) is 24.2 Å². The van der Waals surface area contributed by atoms with Crippen molar-refractivity contribution in [1.82, 2.24) is 20.7 Å². The molecule has 0 spiro atoms. The molecule has 2 aromatic rings. The number of nitrogens with one attached hydrogen (secondary N) is 2. The summed E-state index contributed by atoms with van der Waals surface area (Å²) in [6, 6.07) is 1.71. The predicted octanol–water partition coefficient (Wildman–Crippen LogP) is 0.831. The first-order chi connectivity index (χ1) is 9.76. The molecule has 1 unspecified atom stereocenters. The lowest BCUT2D eigenvalue weighted by Crippen LogP contribution is -2.38. The normalized spacial score (nSPS) is 17.8. The Hall–Kier alpha value is -2.15. The molecule has 2 N–H and O–H groups in total. The number of H-pyrrole nitrogens is 1. The Kier molecular flexibility index (Phi) is 3.51. The molecule has 2 aromatic heterocycles. The van der Waals surface area contributed by atoms with Gasteiger partial charge in [0.25, 0.3) is 5.91 Å². The van der Waals surface area contributed by atoms with E-state index in [1.54, 1.807) is 13.2 Å². The minimum Gasteiger partial charge on any atom is -0.377 e. The molecule has 1 amide bonds. The van der Waals surface area contributed by atoms with Gasteiger partial charge in [0, 0.05) is 24.9 Å². The van der Waals surface area contributed by atoms with Gasteiger partial charge in [0.1, 0.15) is 6.61 Å². The third kappa shape index (κ3) is 2.57. The van der Waals surface area contributed by atoms with Crippen LogP contribution in [0.4, 0.5) is 0 Å². The highest BCUT2D eigenvalue weighted by Crippen LogP contribution is 2.19. The zero-order valence-corrected chi connectivity index (χ0v) is 11.2. The highest BCUT2D eigenvalue weighted by molar-refractivity contribution is 5.92. The number of rotatable bonds is 4. The maximum atomic E-state index is 12.1. The summed E-state index contributed by atoms with van der Waals surface area (Å²) in [5.74, 6) is 0.325. The van der Waals surface area contributed by atoms with Crippen molar-refractivity contribution in [3.63, 3.8) is 0 Å². The van der Waals surface area contributed by atoms with Crippen molar-refractivity contribution < 1.29 is 14.1 Å². The van der Waals surface area contributed by atoms with Crippen LogP contribution in [0.5, 0.6) is 0 Å². The summed E-state index contributed by atoms with van der Waals surface area (Å²) in [5, 5.41) is 13.7. The Balaban J connectivity index is 1.61. The number of aromatic nitrogens is 3. The highest BCUT2D eigenvalue weighted by Gasteiger charge is 2.23. The van der Waals surface area contributed by atoms with E-state index in [1.165, 1.54) is 11.3 Å². The highest BCUT2D eigenvalue weighted by atomic mass is 16.5. The number of aryl methyl sites for hydroxylation is 1. The lowest BCUT2D eigenvalue weighted by Gasteiger charge is -2.22. The molecule has 0 fully saturated rings. The van der Waals surface area contributed by atoms with Crippen LogP contribution in [0.3, 0.4) is 0 Å². The maximum Gasteiger partial charge on any atom is 0.273 e. The molecule has 7 nitrogen and oxygen atoms in total. The lowest BCUT2D eigenvalue weighted by molar-refractivity contribution is 0.0923. The van der Waals surface area contributed by atoms with Gasteiger partial charge in [-0.15, -0.1) is 0 Å². The van der Waals surface area contributed by atoms with Crippen LogP contribution in [0.2, 0.25) is 0 Å². The fourth-order valence-electron chi connectivity index (χ4n) is 2.43. The van der Waals surface area contributed by atoms with Gasteiger partial charge in [0.2, 0.25) is 0 Å². The molecule has 1 atom stereocenters. The first kappa shape index (κ1) is 12.9. The average molecular weight is 276 g/mol. The quantitative estimate of drug-likeness (QED) is 0.862. The second-order valence-corrected chi connectivity index (χ2v) is 4.90. The Bertz CT molecular complexity index is 604. The Morgan fingerprint density at radius 2 is 2.55 bits per heavy atom. The summed E-state index contributed by atoms with van der Waals surface area (Å²) in [7, 11) is 1.56. The van der Waals surface area contributed by atoms with Crippen molar-refractivity contribution >= 4 is 5.91 Å². The first-order valence-electron chi connectivity index (χ1n) is 6.53. The summed E-state index contributed by atoms with van der Waals surface area (Å²) in [6.45, 7) is 0.308. The van der Waals surface area contributed by atoms with Crippen molar-refractivity contribution in [1.29, 1.82) is 0 Å². The second-order valence-electron chi connectivity index (χ2n) is 4.90. The molecule has 3 rings (SSSR count). The first-order valence-corrected chi connectivity index (χ1v) is 6.53. The Labute approximate surface area is 115 Å². The van der Waals surface area contributed by atoms with E-state index < -0.39 is 0 Å². The third-order valence-corrected chi connectivity index (χ3v) is 3.43. The van der Waals surface area contributed by atoms with Crippen LogP contribution in [0, 0.1) is 0 Å². The van der Waals surface area contributed by atoms with E-state index in [0.717, 1.165) is 19.3 Å². The van der Waals surface area contributed by atoms with Crippen molar-refractivity contribution in [2.75, 3.05) is 7.11 Å². The van der Waals surface area contributed by atoms with E-state index in [-0.39, 0.29) is 17.6 Å². The third-order valence-electron chi connectivity index (χ3n) is 3.43. The molecule has 0 bridgehead atoms. The smallest absolute Gasteiger partial charge is 0.273 e. The predicted molar refractivity (Wildman–Crippen MR) is 69.1 cm³/mol. The Morgan fingerprint density at radius 3 is 3.40 bits per heavy atom. The molecule has 1 aliphatic carbocycles. The monoisotopic (exact) mass is 276 g/mol. The molecule has 7 heteroatoms. The summed E-state index contributed by atoms with van der Waals surface area (Å²) in [6.07, 6.45) is 4.40. The van der Waals surface area contributed by atoms with E-state index in [9.17, 15) is 4.79 Å². The van der Waals surface area contributed by atoms with Crippen molar-refractivity contribution in [3.8, 4) is 0 Å². The molecule has 0 radical (unpaired) electrons. The van der Waals surface area contributed by atoms with Crippen LogP contribution in [0.25, 0.3) is 0 Å². The summed E-state index contributed by atoms with van der Waals surface area (Å²) >= 11 is 0. The minimum atomic E-state index is -0.215. The van der Waals surface area contributed by atoms with E-state index in [2.05, 4.69) is 20.7 Å². The largest absolute Gasteiger partial charge is 0.377 e. The molecule has 2 heterocycles.